The van der Waals surface area contributed by atoms with Crippen molar-refractivity contribution >= 4 is 21.9 Å². The summed E-state index contributed by atoms with van der Waals surface area (Å²) in [6.07, 6.45) is 8.88. The Morgan fingerprint density at radius 1 is 1.11 bits per heavy atom. The fourth-order valence-electron chi connectivity index (χ4n) is 3.36. The molecule has 0 spiro atoms. The Hall–Kier alpha value is -0.680. The fourth-order valence-corrected chi connectivity index (χ4v) is 3.57. The van der Waals surface area contributed by atoms with Crippen molar-refractivity contribution in [2.24, 2.45) is 0 Å². The van der Waals surface area contributed by atoms with Gasteiger partial charge in [0, 0.05) is 37.6 Å². The number of nitrogens with zero attached hydrogens (tertiary/aromatic N) is 4. The third-order valence-electron chi connectivity index (χ3n) is 4.43. The van der Waals surface area contributed by atoms with Gasteiger partial charge >= 0.3 is 0 Å². The van der Waals surface area contributed by atoms with E-state index >= 15 is 0 Å². The molecule has 0 amide bonds. The highest BCUT2D eigenvalue weighted by Crippen LogP contribution is 2.26. The van der Waals surface area contributed by atoms with Crippen molar-refractivity contribution in [2.75, 3.05) is 24.5 Å². The first-order valence-corrected chi connectivity index (χ1v) is 8.01. The van der Waals surface area contributed by atoms with E-state index in [4.69, 9.17) is 0 Å². The van der Waals surface area contributed by atoms with Crippen LogP contribution in [0, 0.1) is 0 Å². The topological polar surface area (TPSA) is 32.3 Å². The molecule has 2 aliphatic heterocycles. The Morgan fingerprint density at radius 3 is 2.37 bits per heavy atom. The Morgan fingerprint density at radius 2 is 1.79 bits per heavy atom. The van der Waals surface area contributed by atoms with Crippen molar-refractivity contribution in [3.63, 3.8) is 0 Å². The summed E-state index contributed by atoms with van der Waals surface area (Å²) in [6, 6.07) is 1.55. The summed E-state index contributed by atoms with van der Waals surface area (Å²) in [5.41, 5.74) is 0. The standard InChI is InChI=1S/C14H21BrN4/c1-11-3-2-6-19(11)13-4-7-18(8-5-13)14-16-9-12(15)10-17-14/h9-11,13H,2-8H2,1H3. The SMILES string of the molecule is CC1CCCN1C1CCN(c2ncc(Br)cn2)CC1. The van der Waals surface area contributed by atoms with E-state index < -0.39 is 0 Å². The summed E-state index contributed by atoms with van der Waals surface area (Å²) in [4.78, 5) is 13.8. The molecule has 0 radical (unpaired) electrons. The maximum atomic E-state index is 4.39. The van der Waals surface area contributed by atoms with Crippen LogP contribution in [0.5, 0.6) is 0 Å². The van der Waals surface area contributed by atoms with Gasteiger partial charge in [0.15, 0.2) is 0 Å². The second kappa shape index (κ2) is 5.75. The molecule has 1 unspecified atom stereocenters. The van der Waals surface area contributed by atoms with Crippen molar-refractivity contribution < 1.29 is 0 Å². The van der Waals surface area contributed by atoms with Crippen LogP contribution in [0.25, 0.3) is 0 Å². The Labute approximate surface area is 123 Å². The van der Waals surface area contributed by atoms with E-state index in [2.05, 4.69) is 42.6 Å². The molecule has 2 fully saturated rings. The maximum Gasteiger partial charge on any atom is 0.225 e. The lowest BCUT2D eigenvalue weighted by molar-refractivity contribution is 0.163. The summed E-state index contributed by atoms with van der Waals surface area (Å²) < 4.78 is 0.942. The molecule has 3 rings (SSSR count). The van der Waals surface area contributed by atoms with E-state index in [1.165, 1.54) is 32.2 Å². The molecular formula is C14H21BrN4. The van der Waals surface area contributed by atoms with E-state index in [1.54, 1.807) is 0 Å². The van der Waals surface area contributed by atoms with Gasteiger partial charge in [-0.05, 0) is 55.1 Å². The quantitative estimate of drug-likeness (QED) is 0.837. The normalized spacial score (nSPS) is 26.0. The molecule has 19 heavy (non-hydrogen) atoms. The molecule has 1 aromatic heterocycles. The number of rotatable bonds is 2. The summed E-state index contributed by atoms with van der Waals surface area (Å²) in [6.45, 7) is 5.82. The van der Waals surface area contributed by atoms with Crippen molar-refractivity contribution in [3.05, 3.63) is 16.9 Å². The zero-order valence-electron chi connectivity index (χ0n) is 11.4. The number of likely N-dealkylation sites (tertiary alicyclic amines) is 1. The molecule has 104 valence electrons. The molecule has 0 saturated carbocycles. The molecule has 1 aromatic rings. The Balaban J connectivity index is 1.58. The van der Waals surface area contributed by atoms with Gasteiger partial charge in [-0.25, -0.2) is 9.97 Å². The maximum absolute atomic E-state index is 4.39. The van der Waals surface area contributed by atoms with Crippen LogP contribution < -0.4 is 4.90 Å². The summed E-state index contributed by atoms with van der Waals surface area (Å²) >= 11 is 3.38. The highest BCUT2D eigenvalue weighted by Gasteiger charge is 2.30. The second-order valence-electron chi connectivity index (χ2n) is 5.65. The smallest absolute Gasteiger partial charge is 0.225 e. The lowest BCUT2D eigenvalue weighted by Crippen LogP contribution is -2.46. The largest absolute Gasteiger partial charge is 0.341 e. The zero-order chi connectivity index (χ0) is 13.2. The fraction of sp³-hybridized carbons (Fsp3) is 0.714. The van der Waals surface area contributed by atoms with Crippen LogP contribution >= 0.6 is 15.9 Å². The van der Waals surface area contributed by atoms with Gasteiger partial charge in [0.2, 0.25) is 5.95 Å². The van der Waals surface area contributed by atoms with Crippen molar-refractivity contribution in [2.45, 2.75) is 44.7 Å². The molecule has 1 atom stereocenters. The third-order valence-corrected chi connectivity index (χ3v) is 4.84. The van der Waals surface area contributed by atoms with Gasteiger partial charge in [0.1, 0.15) is 0 Å². The highest BCUT2D eigenvalue weighted by molar-refractivity contribution is 9.10. The van der Waals surface area contributed by atoms with E-state index in [0.717, 1.165) is 35.6 Å². The Bertz CT molecular complexity index is 414. The molecule has 5 heteroatoms. The van der Waals surface area contributed by atoms with Crippen LogP contribution in [0.2, 0.25) is 0 Å². The zero-order valence-corrected chi connectivity index (χ0v) is 13.0. The minimum Gasteiger partial charge on any atom is -0.341 e. The van der Waals surface area contributed by atoms with Crippen LogP contribution in [-0.4, -0.2) is 46.6 Å². The first-order valence-electron chi connectivity index (χ1n) is 7.22. The highest BCUT2D eigenvalue weighted by atomic mass is 79.9. The molecule has 2 saturated heterocycles. The molecule has 2 aliphatic rings. The van der Waals surface area contributed by atoms with E-state index in [1.807, 2.05) is 12.4 Å². The average molecular weight is 325 g/mol. The molecule has 0 bridgehead atoms. The monoisotopic (exact) mass is 324 g/mol. The van der Waals surface area contributed by atoms with Crippen LogP contribution in [0.15, 0.2) is 16.9 Å². The van der Waals surface area contributed by atoms with Gasteiger partial charge in [0.25, 0.3) is 0 Å². The van der Waals surface area contributed by atoms with Crippen LogP contribution in [0.1, 0.15) is 32.6 Å². The number of piperidine rings is 1. The number of aromatic nitrogens is 2. The lowest BCUT2D eigenvalue weighted by Gasteiger charge is -2.38. The average Bonchev–Trinajstić information content (AvgIpc) is 2.86. The number of hydrogen-bond acceptors (Lipinski definition) is 4. The van der Waals surface area contributed by atoms with E-state index in [-0.39, 0.29) is 0 Å². The summed E-state index contributed by atoms with van der Waals surface area (Å²) in [5, 5.41) is 0. The third kappa shape index (κ3) is 2.92. The van der Waals surface area contributed by atoms with E-state index in [0.29, 0.717) is 0 Å². The summed E-state index contributed by atoms with van der Waals surface area (Å²) in [7, 11) is 0. The van der Waals surface area contributed by atoms with Crippen molar-refractivity contribution in [1.82, 2.24) is 14.9 Å². The Kier molecular flexibility index (Phi) is 4.03. The van der Waals surface area contributed by atoms with Gasteiger partial charge in [-0.3, -0.25) is 4.90 Å². The minimum atomic E-state index is 0.768. The second-order valence-corrected chi connectivity index (χ2v) is 6.56. The minimum absolute atomic E-state index is 0.768. The predicted octanol–water partition coefficient (Wildman–Crippen LogP) is 2.69. The van der Waals surface area contributed by atoms with Crippen molar-refractivity contribution in [1.29, 1.82) is 0 Å². The van der Waals surface area contributed by atoms with Gasteiger partial charge < -0.3 is 4.90 Å². The number of halogens is 1. The van der Waals surface area contributed by atoms with Gasteiger partial charge in [0.05, 0.1) is 4.47 Å². The lowest BCUT2D eigenvalue weighted by atomic mass is 10.0. The first kappa shape index (κ1) is 13.3. The predicted molar refractivity (Wildman–Crippen MR) is 80.4 cm³/mol. The molecular weight excluding hydrogens is 304 g/mol. The van der Waals surface area contributed by atoms with Crippen LogP contribution in [0.3, 0.4) is 0 Å². The van der Waals surface area contributed by atoms with Gasteiger partial charge in [-0.2, -0.15) is 0 Å². The van der Waals surface area contributed by atoms with Crippen LogP contribution in [0.4, 0.5) is 5.95 Å². The number of anilines is 1. The molecule has 0 N–H and O–H groups in total. The summed E-state index contributed by atoms with van der Waals surface area (Å²) in [5.74, 6) is 0.871. The molecule has 3 heterocycles. The number of hydrogen-bond donors (Lipinski definition) is 0. The molecule has 0 aliphatic carbocycles. The van der Waals surface area contributed by atoms with Crippen molar-refractivity contribution in [3.8, 4) is 0 Å². The molecule has 0 aromatic carbocycles. The van der Waals surface area contributed by atoms with Gasteiger partial charge in [-0.15, -0.1) is 0 Å². The van der Waals surface area contributed by atoms with Crippen LogP contribution in [-0.2, 0) is 0 Å². The van der Waals surface area contributed by atoms with E-state index in [9.17, 15) is 0 Å². The first-order chi connectivity index (χ1) is 9.24. The molecule has 4 nitrogen and oxygen atoms in total. The van der Waals surface area contributed by atoms with Gasteiger partial charge in [-0.1, -0.05) is 0 Å².